The van der Waals surface area contributed by atoms with E-state index in [-0.39, 0.29) is 24.3 Å². The fourth-order valence-corrected chi connectivity index (χ4v) is 3.33. The average molecular weight is 452 g/mol. The highest BCUT2D eigenvalue weighted by atomic mass is 35.5. The Morgan fingerprint density at radius 1 is 1.07 bits per heavy atom. The minimum absolute atomic E-state index is 0.00214. The number of ether oxygens (including phenoxy) is 3. The van der Waals surface area contributed by atoms with Crippen LogP contribution in [0.5, 0.6) is 17.2 Å². The summed E-state index contributed by atoms with van der Waals surface area (Å²) in [5.74, 6) is 2.56. The molecule has 0 amide bonds. The number of methoxy groups -OCH3 is 1. The molecule has 0 heterocycles. The van der Waals surface area contributed by atoms with E-state index in [9.17, 15) is 4.79 Å². The van der Waals surface area contributed by atoms with E-state index >= 15 is 0 Å². The van der Waals surface area contributed by atoms with E-state index < -0.39 is 0 Å². The summed E-state index contributed by atoms with van der Waals surface area (Å²) in [6.45, 7) is 5.19. The summed E-state index contributed by atoms with van der Waals surface area (Å²) in [6, 6.07) is 13.9. The fourth-order valence-electron chi connectivity index (χ4n) is 2.92. The van der Waals surface area contributed by atoms with E-state index in [1.54, 1.807) is 7.11 Å². The van der Waals surface area contributed by atoms with Crippen molar-refractivity contribution >= 4 is 29.3 Å². The summed E-state index contributed by atoms with van der Waals surface area (Å²) in [4.78, 5) is 11.8. The van der Waals surface area contributed by atoms with E-state index in [1.807, 2.05) is 36.6 Å². The van der Waals surface area contributed by atoms with Crippen molar-refractivity contribution in [3.63, 3.8) is 0 Å². The lowest BCUT2D eigenvalue weighted by molar-refractivity contribution is -0.119. The van der Waals surface area contributed by atoms with Crippen molar-refractivity contribution in [2.75, 3.05) is 39.0 Å². The van der Waals surface area contributed by atoms with Crippen molar-refractivity contribution in [2.45, 2.75) is 25.7 Å². The van der Waals surface area contributed by atoms with Crippen molar-refractivity contribution in [1.29, 1.82) is 0 Å². The van der Waals surface area contributed by atoms with Gasteiger partial charge in [0.15, 0.2) is 17.3 Å². The number of alkyl halides is 1. The number of hydrogen-bond acceptors (Lipinski definition) is 6. The molecule has 164 valence electrons. The SMILES string of the molecule is COc1cc(C(C)(C)c2ccc(OCCCCl)cc2)ccc1OCC(=O)CNSC. The molecule has 0 radical (unpaired) electrons. The van der Waals surface area contributed by atoms with Gasteiger partial charge >= 0.3 is 0 Å². The monoisotopic (exact) mass is 451 g/mol. The number of halogens is 1. The summed E-state index contributed by atoms with van der Waals surface area (Å²) in [5.41, 5.74) is 1.98. The van der Waals surface area contributed by atoms with Crippen LogP contribution in [0.3, 0.4) is 0 Å². The van der Waals surface area contributed by atoms with E-state index in [2.05, 4.69) is 30.7 Å². The van der Waals surface area contributed by atoms with Crippen LogP contribution in [0.1, 0.15) is 31.4 Å². The van der Waals surface area contributed by atoms with Gasteiger partial charge in [-0.25, -0.2) is 0 Å². The molecule has 0 saturated heterocycles. The van der Waals surface area contributed by atoms with E-state index in [0.29, 0.717) is 24.0 Å². The van der Waals surface area contributed by atoms with Gasteiger partial charge in [-0.2, -0.15) is 0 Å². The Morgan fingerprint density at radius 2 is 1.77 bits per heavy atom. The molecule has 0 unspecified atom stereocenters. The first kappa shape index (κ1) is 24.4. The van der Waals surface area contributed by atoms with Gasteiger partial charge in [0, 0.05) is 11.3 Å². The Hall–Kier alpha value is -1.89. The van der Waals surface area contributed by atoms with Crippen LogP contribution in [0.25, 0.3) is 0 Å². The highest BCUT2D eigenvalue weighted by Crippen LogP contribution is 2.37. The summed E-state index contributed by atoms with van der Waals surface area (Å²) >= 11 is 7.10. The standard InChI is InChI=1S/C23H30ClNO4S/c1-23(2,17-6-9-20(10-7-17)28-13-5-12-24)18-8-11-21(22(14-18)27-3)29-16-19(26)15-25-30-4/h6-11,14,25H,5,12-13,15-16H2,1-4H3. The normalized spacial score (nSPS) is 11.2. The van der Waals surface area contributed by atoms with Crippen LogP contribution in [0.4, 0.5) is 0 Å². The van der Waals surface area contributed by atoms with Crippen molar-refractivity contribution in [3.8, 4) is 17.2 Å². The number of hydrogen-bond donors (Lipinski definition) is 1. The summed E-state index contributed by atoms with van der Waals surface area (Å²) in [5, 5.41) is 0. The number of Topliss-reactive ketones (excluding diaryl/α,β-unsaturated/α-hetero) is 1. The first-order valence-corrected chi connectivity index (χ1v) is 11.6. The Balaban J connectivity index is 2.12. The molecule has 5 nitrogen and oxygen atoms in total. The second-order valence-electron chi connectivity index (χ2n) is 7.26. The van der Waals surface area contributed by atoms with E-state index in [4.69, 9.17) is 25.8 Å². The van der Waals surface area contributed by atoms with Gasteiger partial charge in [-0.05, 0) is 48.1 Å². The molecule has 0 aromatic heterocycles. The highest BCUT2D eigenvalue weighted by molar-refractivity contribution is 7.96. The lowest BCUT2D eigenvalue weighted by Crippen LogP contribution is -2.23. The number of carbonyl (C=O) groups is 1. The van der Waals surface area contributed by atoms with Gasteiger partial charge in [-0.15, -0.1) is 11.6 Å². The summed E-state index contributed by atoms with van der Waals surface area (Å²) < 4.78 is 19.8. The van der Waals surface area contributed by atoms with Gasteiger partial charge in [0.05, 0.1) is 20.3 Å². The topological polar surface area (TPSA) is 56.8 Å². The van der Waals surface area contributed by atoms with Gasteiger partial charge in [-0.1, -0.05) is 44.0 Å². The van der Waals surface area contributed by atoms with Gasteiger partial charge in [0.25, 0.3) is 0 Å². The number of rotatable bonds is 13. The van der Waals surface area contributed by atoms with Crippen molar-refractivity contribution in [1.82, 2.24) is 4.72 Å². The van der Waals surface area contributed by atoms with Crippen LogP contribution in [0, 0.1) is 0 Å². The molecular weight excluding hydrogens is 422 g/mol. The van der Waals surface area contributed by atoms with Crippen LogP contribution in [-0.4, -0.2) is 44.8 Å². The Morgan fingerprint density at radius 3 is 2.40 bits per heavy atom. The van der Waals surface area contributed by atoms with Crippen LogP contribution in [0.2, 0.25) is 0 Å². The minimum atomic E-state index is -0.251. The molecule has 0 atom stereocenters. The molecule has 2 rings (SSSR count). The third kappa shape index (κ3) is 6.83. The van der Waals surface area contributed by atoms with Crippen molar-refractivity contribution in [3.05, 3.63) is 53.6 Å². The quantitative estimate of drug-likeness (QED) is 0.267. The third-order valence-corrected chi connectivity index (χ3v) is 5.51. The van der Waals surface area contributed by atoms with Gasteiger partial charge < -0.3 is 14.2 Å². The lowest BCUT2D eigenvalue weighted by Gasteiger charge is -2.27. The van der Waals surface area contributed by atoms with Crippen molar-refractivity contribution < 1.29 is 19.0 Å². The smallest absolute Gasteiger partial charge is 0.184 e. The maximum Gasteiger partial charge on any atom is 0.184 e. The Bertz CT molecular complexity index is 811. The zero-order chi connectivity index (χ0) is 22.0. The molecule has 0 aliphatic heterocycles. The molecule has 0 aliphatic carbocycles. The Kier molecular flexibility index (Phi) is 9.82. The maximum absolute atomic E-state index is 11.8. The second kappa shape index (κ2) is 12.1. The zero-order valence-corrected chi connectivity index (χ0v) is 19.6. The third-order valence-electron chi connectivity index (χ3n) is 4.81. The predicted molar refractivity (Wildman–Crippen MR) is 124 cm³/mol. The number of carbonyl (C=O) groups excluding carboxylic acids is 1. The van der Waals surface area contributed by atoms with Gasteiger partial charge in [0.1, 0.15) is 12.4 Å². The molecule has 2 aromatic carbocycles. The molecule has 0 spiro atoms. The van der Waals surface area contributed by atoms with E-state index in [1.165, 1.54) is 11.9 Å². The number of nitrogens with one attached hydrogen (secondary N) is 1. The first-order valence-electron chi connectivity index (χ1n) is 9.80. The van der Waals surface area contributed by atoms with Gasteiger partial charge in [-0.3, -0.25) is 9.52 Å². The molecule has 7 heteroatoms. The number of benzene rings is 2. The maximum atomic E-state index is 11.8. The lowest BCUT2D eigenvalue weighted by atomic mass is 9.78. The summed E-state index contributed by atoms with van der Waals surface area (Å²) in [6.07, 6.45) is 2.70. The zero-order valence-electron chi connectivity index (χ0n) is 18.0. The summed E-state index contributed by atoms with van der Waals surface area (Å²) in [7, 11) is 1.60. The van der Waals surface area contributed by atoms with Crippen LogP contribution in [-0.2, 0) is 10.2 Å². The fraction of sp³-hybridized carbons (Fsp3) is 0.435. The first-order chi connectivity index (χ1) is 14.4. The molecule has 2 aromatic rings. The Labute approximate surface area is 188 Å². The van der Waals surface area contributed by atoms with Gasteiger partial charge in [0.2, 0.25) is 0 Å². The predicted octanol–water partition coefficient (Wildman–Crippen LogP) is 4.84. The van der Waals surface area contributed by atoms with E-state index in [0.717, 1.165) is 23.3 Å². The average Bonchev–Trinajstić information content (AvgIpc) is 2.76. The van der Waals surface area contributed by atoms with Crippen molar-refractivity contribution in [2.24, 2.45) is 0 Å². The molecule has 0 saturated carbocycles. The van der Waals surface area contributed by atoms with Crippen LogP contribution < -0.4 is 18.9 Å². The highest BCUT2D eigenvalue weighted by Gasteiger charge is 2.25. The second-order valence-corrected chi connectivity index (χ2v) is 8.33. The molecular formula is C23H30ClNO4S. The minimum Gasteiger partial charge on any atom is -0.494 e. The molecule has 0 bridgehead atoms. The molecule has 0 aliphatic rings. The largest absolute Gasteiger partial charge is 0.494 e. The van der Waals surface area contributed by atoms with Crippen LogP contribution >= 0.6 is 23.5 Å². The number of ketones is 1. The molecule has 1 N–H and O–H groups in total. The molecule has 0 fully saturated rings. The van der Waals surface area contributed by atoms with Crippen LogP contribution in [0.15, 0.2) is 42.5 Å². The molecule has 30 heavy (non-hydrogen) atoms.